The predicted octanol–water partition coefficient (Wildman–Crippen LogP) is 3.54. The topological polar surface area (TPSA) is 80.6 Å². The number of amides is 1. The molecular formula is C21H19ClFN3O4S. The number of morpholine rings is 1. The van der Waals surface area contributed by atoms with Crippen molar-refractivity contribution in [2.45, 2.75) is 4.90 Å². The fourth-order valence-electron chi connectivity index (χ4n) is 3.24. The van der Waals surface area contributed by atoms with Crippen LogP contribution in [0.4, 0.5) is 10.1 Å². The molecule has 4 rings (SSSR count). The van der Waals surface area contributed by atoms with E-state index in [1.165, 1.54) is 34.6 Å². The van der Waals surface area contributed by atoms with Crippen LogP contribution in [0.25, 0.3) is 5.69 Å². The summed E-state index contributed by atoms with van der Waals surface area (Å²) in [5.41, 5.74) is 0.680. The number of halogens is 2. The van der Waals surface area contributed by atoms with Gasteiger partial charge in [0.25, 0.3) is 5.91 Å². The van der Waals surface area contributed by atoms with Crippen LogP contribution in [0.3, 0.4) is 0 Å². The third-order valence-electron chi connectivity index (χ3n) is 4.88. The zero-order valence-electron chi connectivity index (χ0n) is 16.3. The first-order valence-electron chi connectivity index (χ1n) is 9.48. The van der Waals surface area contributed by atoms with Gasteiger partial charge in [-0.25, -0.2) is 12.8 Å². The number of hydrogen-bond donors (Lipinski definition) is 1. The molecule has 0 saturated carbocycles. The number of hydrogen-bond acceptors (Lipinski definition) is 4. The lowest BCUT2D eigenvalue weighted by atomic mass is 10.2. The maximum absolute atomic E-state index is 14.3. The Morgan fingerprint density at radius 1 is 1.06 bits per heavy atom. The molecule has 0 atom stereocenters. The van der Waals surface area contributed by atoms with Crippen molar-refractivity contribution in [3.05, 3.63) is 77.3 Å². The van der Waals surface area contributed by atoms with Gasteiger partial charge < -0.3 is 14.6 Å². The third kappa shape index (κ3) is 4.49. The zero-order valence-corrected chi connectivity index (χ0v) is 17.9. The van der Waals surface area contributed by atoms with Crippen LogP contribution in [0.5, 0.6) is 0 Å². The van der Waals surface area contributed by atoms with E-state index < -0.39 is 21.7 Å². The Balaban J connectivity index is 1.61. The summed E-state index contributed by atoms with van der Waals surface area (Å²) in [5, 5.41) is 2.51. The third-order valence-corrected chi connectivity index (χ3v) is 7.26. The van der Waals surface area contributed by atoms with E-state index in [9.17, 15) is 17.6 Å². The van der Waals surface area contributed by atoms with Crippen molar-refractivity contribution in [1.82, 2.24) is 8.87 Å². The summed E-state index contributed by atoms with van der Waals surface area (Å²) in [7, 11) is -3.90. The van der Waals surface area contributed by atoms with Crippen molar-refractivity contribution in [1.29, 1.82) is 0 Å². The summed E-state index contributed by atoms with van der Waals surface area (Å²) in [6.45, 7) is 0.973. The molecule has 1 fully saturated rings. The molecule has 1 aromatic heterocycles. The monoisotopic (exact) mass is 463 g/mol. The molecule has 0 bridgehead atoms. The van der Waals surface area contributed by atoms with E-state index in [4.69, 9.17) is 16.3 Å². The maximum Gasteiger partial charge on any atom is 0.255 e. The molecule has 3 aromatic rings. The number of aromatic nitrogens is 1. The molecule has 1 saturated heterocycles. The van der Waals surface area contributed by atoms with Crippen molar-refractivity contribution in [3.8, 4) is 5.69 Å². The van der Waals surface area contributed by atoms with E-state index in [0.29, 0.717) is 5.69 Å². The first kappa shape index (κ1) is 21.5. The first-order valence-corrected chi connectivity index (χ1v) is 11.3. The quantitative estimate of drug-likeness (QED) is 0.627. The van der Waals surface area contributed by atoms with Crippen LogP contribution in [0.1, 0.15) is 10.4 Å². The summed E-state index contributed by atoms with van der Waals surface area (Å²) in [6.07, 6.45) is 3.58. The Morgan fingerprint density at radius 3 is 2.48 bits per heavy atom. The molecule has 1 aliphatic rings. The molecule has 0 unspecified atom stereocenters. The molecule has 0 aliphatic carbocycles. The minimum absolute atomic E-state index is 0.00354. The molecule has 1 aliphatic heterocycles. The lowest BCUT2D eigenvalue weighted by molar-refractivity contribution is 0.0730. The van der Waals surface area contributed by atoms with Crippen LogP contribution in [0.15, 0.2) is 65.8 Å². The Kier molecular flexibility index (Phi) is 6.10. The van der Waals surface area contributed by atoms with E-state index in [1.54, 1.807) is 23.0 Å². The molecule has 0 radical (unpaired) electrons. The fraction of sp³-hybridized carbons (Fsp3) is 0.190. The van der Waals surface area contributed by atoms with Crippen molar-refractivity contribution in [3.63, 3.8) is 0 Å². The van der Waals surface area contributed by atoms with E-state index in [-0.39, 0.29) is 47.5 Å². The van der Waals surface area contributed by atoms with Crippen molar-refractivity contribution in [2.75, 3.05) is 31.6 Å². The average Bonchev–Trinajstić information content (AvgIpc) is 3.31. The van der Waals surface area contributed by atoms with Gasteiger partial charge >= 0.3 is 0 Å². The summed E-state index contributed by atoms with van der Waals surface area (Å²) < 4.78 is 48.5. The number of carbonyl (C=O) groups is 1. The molecule has 2 aromatic carbocycles. The fourth-order valence-corrected chi connectivity index (χ4v) is 5.15. The van der Waals surface area contributed by atoms with Crippen LogP contribution >= 0.6 is 11.6 Å². The molecular weight excluding hydrogens is 445 g/mol. The van der Waals surface area contributed by atoms with Crippen LogP contribution in [0.2, 0.25) is 5.02 Å². The molecule has 7 nitrogen and oxygen atoms in total. The Hall–Kier alpha value is -2.72. The normalized spacial score (nSPS) is 15.0. The smallest absolute Gasteiger partial charge is 0.255 e. The number of anilines is 1. The summed E-state index contributed by atoms with van der Waals surface area (Å²) in [4.78, 5) is 12.6. The van der Waals surface area contributed by atoms with Crippen LogP contribution in [-0.2, 0) is 14.8 Å². The second-order valence-corrected chi connectivity index (χ2v) is 9.18. The van der Waals surface area contributed by atoms with Gasteiger partial charge in [0, 0.05) is 36.7 Å². The van der Waals surface area contributed by atoms with E-state index in [2.05, 4.69) is 5.32 Å². The van der Waals surface area contributed by atoms with Gasteiger partial charge in [-0.3, -0.25) is 4.79 Å². The van der Waals surface area contributed by atoms with E-state index in [0.717, 1.165) is 0 Å². The molecule has 10 heteroatoms. The Morgan fingerprint density at radius 2 is 1.77 bits per heavy atom. The van der Waals surface area contributed by atoms with Gasteiger partial charge in [0.1, 0.15) is 10.7 Å². The van der Waals surface area contributed by atoms with Gasteiger partial charge in [-0.05, 0) is 48.5 Å². The number of nitrogens with zero attached hydrogens (tertiary/aromatic N) is 2. The molecule has 2 heterocycles. The highest BCUT2D eigenvalue weighted by atomic mass is 35.5. The summed E-state index contributed by atoms with van der Waals surface area (Å²) >= 11 is 6.14. The number of rotatable bonds is 5. The lowest BCUT2D eigenvalue weighted by Gasteiger charge is -2.26. The van der Waals surface area contributed by atoms with Crippen LogP contribution in [0, 0.1) is 5.82 Å². The number of carbonyl (C=O) groups excluding carboxylic acids is 1. The second kappa shape index (κ2) is 8.80. The van der Waals surface area contributed by atoms with Gasteiger partial charge in [0.15, 0.2) is 0 Å². The average molecular weight is 464 g/mol. The summed E-state index contributed by atoms with van der Waals surface area (Å²) in [5.74, 6) is -1.27. The Bertz CT molecular complexity index is 1210. The van der Waals surface area contributed by atoms with Crippen molar-refractivity contribution >= 4 is 33.2 Å². The second-order valence-electron chi connectivity index (χ2n) is 6.87. The van der Waals surface area contributed by atoms with Crippen molar-refractivity contribution in [2.24, 2.45) is 0 Å². The molecule has 31 heavy (non-hydrogen) atoms. The first-order chi connectivity index (χ1) is 14.9. The molecule has 162 valence electrons. The van der Waals surface area contributed by atoms with Crippen LogP contribution in [-0.4, -0.2) is 49.5 Å². The molecule has 1 amide bonds. The maximum atomic E-state index is 14.3. The Labute approximate surface area is 184 Å². The number of sulfonamides is 1. The number of nitrogens with one attached hydrogen (secondary N) is 1. The van der Waals surface area contributed by atoms with Gasteiger partial charge in [0.05, 0.1) is 23.9 Å². The summed E-state index contributed by atoms with van der Waals surface area (Å²) in [6, 6.07) is 11.9. The number of benzene rings is 2. The van der Waals surface area contributed by atoms with Gasteiger partial charge in [0.2, 0.25) is 10.0 Å². The molecule has 1 N–H and O–H groups in total. The lowest BCUT2D eigenvalue weighted by Crippen LogP contribution is -2.40. The minimum Gasteiger partial charge on any atom is -0.379 e. The number of ether oxygens (including phenoxy) is 1. The minimum atomic E-state index is -3.90. The van der Waals surface area contributed by atoms with Gasteiger partial charge in [-0.15, -0.1) is 0 Å². The standard InChI is InChI=1S/C21H19ClFN3O4S/c22-17-5-3-15(13-20(17)31(28,29)26-9-11-30-12-10-26)21(27)24-19-14-16(4-6-18(19)23)25-7-1-2-8-25/h1-8,13-14H,9-12H2,(H,24,27). The zero-order chi connectivity index (χ0) is 22.0. The largest absolute Gasteiger partial charge is 0.379 e. The van der Waals surface area contributed by atoms with E-state index in [1.807, 2.05) is 12.1 Å². The van der Waals surface area contributed by atoms with Gasteiger partial charge in [-0.1, -0.05) is 11.6 Å². The van der Waals surface area contributed by atoms with E-state index >= 15 is 0 Å². The van der Waals surface area contributed by atoms with Crippen molar-refractivity contribution < 1.29 is 22.3 Å². The predicted molar refractivity (Wildman–Crippen MR) is 115 cm³/mol. The van der Waals surface area contributed by atoms with Crippen LogP contribution < -0.4 is 5.32 Å². The highest BCUT2D eigenvalue weighted by Crippen LogP contribution is 2.27. The highest BCUT2D eigenvalue weighted by molar-refractivity contribution is 7.89. The highest BCUT2D eigenvalue weighted by Gasteiger charge is 2.29. The van der Waals surface area contributed by atoms with Gasteiger partial charge in [-0.2, -0.15) is 4.31 Å². The SMILES string of the molecule is O=C(Nc1cc(-n2cccc2)ccc1F)c1ccc(Cl)c(S(=O)(=O)N2CCOCC2)c1. The molecule has 0 spiro atoms.